The molecule has 4 N–H and O–H groups in total. The first-order valence-electron chi connectivity index (χ1n) is 9.19. The Hall–Kier alpha value is -3.50. The predicted octanol–water partition coefficient (Wildman–Crippen LogP) is 3.22. The highest BCUT2D eigenvalue weighted by atomic mass is 16.6. The molecule has 1 rings (SSSR count). The lowest BCUT2D eigenvalue weighted by Gasteiger charge is -2.22. The third kappa shape index (κ3) is 7.86. The summed E-state index contributed by atoms with van der Waals surface area (Å²) in [4.78, 5) is 40.7. The molecule has 11 nitrogen and oxygen atoms in total. The number of nitrogens with one attached hydrogen (secondary N) is 2. The molecule has 0 spiro atoms. The number of ether oxygens (including phenoxy) is 1. The molecule has 30 heavy (non-hydrogen) atoms. The second-order valence-corrected chi connectivity index (χ2v) is 7.46. The molecule has 0 fully saturated rings. The quantitative estimate of drug-likeness (QED) is 0.417. The lowest BCUT2D eigenvalue weighted by Crippen LogP contribution is -2.40. The Morgan fingerprint density at radius 3 is 2.20 bits per heavy atom. The van der Waals surface area contributed by atoms with Gasteiger partial charge in [-0.1, -0.05) is 0 Å². The van der Waals surface area contributed by atoms with Crippen LogP contribution in [0.2, 0.25) is 0 Å². The summed E-state index contributed by atoms with van der Waals surface area (Å²) in [5.74, 6) is 0.142. The van der Waals surface area contributed by atoms with Crippen molar-refractivity contribution in [1.29, 1.82) is 0 Å². The fourth-order valence-electron chi connectivity index (χ4n) is 2.42. The number of hydrogen-bond acceptors (Lipinski definition) is 6. The van der Waals surface area contributed by atoms with Crippen molar-refractivity contribution in [3.8, 4) is 0 Å². The first-order chi connectivity index (χ1) is 13.8. The maximum absolute atomic E-state index is 12.0. The molecule has 0 saturated carbocycles. The maximum Gasteiger partial charge on any atom is 0.417 e. The molecule has 0 aliphatic rings. The molecule has 0 unspecified atom stereocenters. The zero-order valence-corrected chi connectivity index (χ0v) is 18.0. The van der Waals surface area contributed by atoms with Crippen LogP contribution in [0.3, 0.4) is 0 Å². The first kappa shape index (κ1) is 24.5. The average molecular weight is 423 g/mol. The molecule has 0 radical (unpaired) electrons. The van der Waals surface area contributed by atoms with Crippen LogP contribution in [0, 0.1) is 0 Å². The Morgan fingerprint density at radius 2 is 1.73 bits per heavy atom. The molecular weight excluding hydrogens is 394 g/mol. The summed E-state index contributed by atoms with van der Waals surface area (Å²) in [5, 5.41) is 23.8. The summed E-state index contributed by atoms with van der Waals surface area (Å²) in [6.45, 7) is 7.01. The molecule has 0 saturated heterocycles. The Bertz CT molecular complexity index is 802. The molecule has 11 heteroatoms. The van der Waals surface area contributed by atoms with Gasteiger partial charge in [0.15, 0.2) is 0 Å². The summed E-state index contributed by atoms with van der Waals surface area (Å²) in [7, 11) is 3.51. The highest BCUT2D eigenvalue weighted by Crippen LogP contribution is 2.24. The highest BCUT2D eigenvalue weighted by molar-refractivity contribution is 6.02. The lowest BCUT2D eigenvalue weighted by atomic mass is 10.1. The van der Waals surface area contributed by atoms with Crippen LogP contribution in [0.4, 0.5) is 25.8 Å². The van der Waals surface area contributed by atoms with E-state index in [0.29, 0.717) is 23.5 Å². The van der Waals surface area contributed by atoms with Crippen molar-refractivity contribution in [1.82, 2.24) is 10.2 Å². The molecule has 166 valence electrons. The molecule has 0 aliphatic heterocycles. The van der Waals surface area contributed by atoms with Gasteiger partial charge in [0.1, 0.15) is 5.60 Å². The molecule has 1 aromatic carbocycles. The van der Waals surface area contributed by atoms with Gasteiger partial charge in [-0.2, -0.15) is 0 Å². The van der Waals surface area contributed by atoms with Crippen LogP contribution in [0.25, 0.3) is 0 Å². The van der Waals surface area contributed by atoms with E-state index in [4.69, 9.17) is 14.9 Å². The third-order valence-corrected chi connectivity index (χ3v) is 3.55. The summed E-state index contributed by atoms with van der Waals surface area (Å²) >= 11 is 0. The van der Waals surface area contributed by atoms with Crippen molar-refractivity contribution in [2.24, 2.45) is 4.99 Å². The Balaban J connectivity index is 3.15. The number of rotatable bonds is 5. The number of carboxylic acid groups (broad SMARTS) is 2. The second-order valence-electron chi connectivity index (χ2n) is 7.46. The van der Waals surface area contributed by atoms with Crippen LogP contribution in [0.15, 0.2) is 23.2 Å². The molecule has 3 amide bonds. The Labute approximate surface area is 175 Å². The standard InChI is InChI=1S/C19H29N5O6/c1-7-20-15(22-16(25)30-19(2,3)4)21-13-8-9-14(23(5)6)12(10-13)11-24(17(26)27)18(28)29/h8-10H,7,11H2,1-6H3,(H,26,27)(H,28,29)(H2,20,21,22,25). The van der Waals surface area contributed by atoms with E-state index in [0.717, 1.165) is 0 Å². The van der Waals surface area contributed by atoms with E-state index in [-0.39, 0.29) is 17.4 Å². The van der Waals surface area contributed by atoms with E-state index in [9.17, 15) is 14.4 Å². The van der Waals surface area contributed by atoms with Crippen molar-refractivity contribution >= 4 is 35.6 Å². The van der Waals surface area contributed by atoms with Crippen LogP contribution in [-0.4, -0.2) is 65.6 Å². The topological polar surface area (TPSA) is 144 Å². The number of aliphatic imine (C=N–C) groups is 1. The lowest BCUT2D eigenvalue weighted by molar-refractivity contribution is 0.0562. The van der Waals surface area contributed by atoms with E-state index in [1.54, 1.807) is 64.9 Å². The van der Waals surface area contributed by atoms with Crippen molar-refractivity contribution < 1.29 is 29.3 Å². The second kappa shape index (κ2) is 10.3. The van der Waals surface area contributed by atoms with Crippen molar-refractivity contribution in [2.75, 3.05) is 30.9 Å². The van der Waals surface area contributed by atoms with Gasteiger partial charge in [0.2, 0.25) is 5.96 Å². The number of anilines is 2. The molecule has 0 aromatic heterocycles. The minimum atomic E-state index is -1.58. The van der Waals surface area contributed by atoms with E-state index < -0.39 is 23.9 Å². The van der Waals surface area contributed by atoms with Gasteiger partial charge in [0.05, 0.1) is 6.54 Å². The van der Waals surface area contributed by atoms with Crippen molar-refractivity contribution in [3.05, 3.63) is 23.8 Å². The number of guanidine groups is 1. The number of nitrogens with zero attached hydrogens (tertiary/aromatic N) is 3. The van der Waals surface area contributed by atoms with Crippen LogP contribution in [0.1, 0.15) is 33.3 Å². The van der Waals surface area contributed by atoms with Gasteiger partial charge in [-0.3, -0.25) is 10.3 Å². The summed E-state index contributed by atoms with van der Waals surface area (Å²) < 4.78 is 5.22. The number of imide groups is 1. The highest BCUT2D eigenvalue weighted by Gasteiger charge is 2.22. The van der Waals surface area contributed by atoms with E-state index in [1.165, 1.54) is 0 Å². The van der Waals surface area contributed by atoms with Crippen LogP contribution >= 0.6 is 0 Å². The molecule has 0 atom stereocenters. The predicted molar refractivity (Wildman–Crippen MR) is 113 cm³/mol. The molecule has 1 aromatic rings. The number of hydrogen-bond donors (Lipinski definition) is 4. The van der Waals surface area contributed by atoms with Crippen LogP contribution in [-0.2, 0) is 11.3 Å². The normalized spacial score (nSPS) is 11.5. The van der Waals surface area contributed by atoms with Gasteiger partial charge < -0.3 is 25.2 Å². The van der Waals surface area contributed by atoms with Crippen LogP contribution in [0.5, 0.6) is 0 Å². The largest absolute Gasteiger partial charge is 0.465 e. The van der Waals surface area contributed by atoms with Crippen molar-refractivity contribution in [3.63, 3.8) is 0 Å². The zero-order chi connectivity index (χ0) is 23.1. The monoisotopic (exact) mass is 423 g/mol. The summed E-state index contributed by atoms with van der Waals surface area (Å²) in [6, 6.07) is 5.00. The number of amides is 3. The van der Waals surface area contributed by atoms with Gasteiger partial charge in [-0.05, 0) is 51.5 Å². The smallest absolute Gasteiger partial charge is 0.417 e. The molecule has 0 heterocycles. The SMILES string of the molecule is CCN=C(NC(=O)OC(C)(C)C)Nc1ccc(N(C)C)c(CN(C(=O)O)C(=O)O)c1. The van der Waals surface area contributed by atoms with Crippen LogP contribution < -0.4 is 15.5 Å². The number of carbonyl (C=O) groups is 3. The minimum absolute atomic E-state index is 0.142. The Kier molecular flexibility index (Phi) is 8.45. The average Bonchev–Trinajstić information content (AvgIpc) is 2.57. The molecule has 0 bridgehead atoms. The van der Waals surface area contributed by atoms with Gasteiger partial charge in [-0.25, -0.2) is 19.3 Å². The Morgan fingerprint density at radius 1 is 1.13 bits per heavy atom. The van der Waals surface area contributed by atoms with Gasteiger partial charge in [0.25, 0.3) is 0 Å². The summed E-state index contributed by atoms with van der Waals surface area (Å²) in [6.07, 6.45) is -3.84. The number of benzene rings is 1. The van der Waals surface area contributed by atoms with Gasteiger partial charge >= 0.3 is 18.3 Å². The first-order valence-corrected chi connectivity index (χ1v) is 9.19. The summed E-state index contributed by atoms with van der Waals surface area (Å²) in [5.41, 5.74) is 0.888. The molecular formula is C19H29N5O6. The number of carbonyl (C=O) groups excluding carboxylic acids is 1. The minimum Gasteiger partial charge on any atom is -0.465 e. The van der Waals surface area contributed by atoms with Crippen molar-refractivity contribution in [2.45, 2.75) is 39.8 Å². The fraction of sp³-hybridized carbons (Fsp3) is 0.474. The van der Waals surface area contributed by atoms with E-state index in [1.807, 2.05) is 0 Å². The fourth-order valence-corrected chi connectivity index (χ4v) is 2.42. The zero-order valence-electron chi connectivity index (χ0n) is 18.0. The van der Waals surface area contributed by atoms with E-state index >= 15 is 0 Å². The molecule has 0 aliphatic carbocycles. The van der Waals surface area contributed by atoms with Gasteiger partial charge in [-0.15, -0.1) is 0 Å². The maximum atomic E-state index is 12.0. The van der Waals surface area contributed by atoms with E-state index in [2.05, 4.69) is 15.6 Å². The van der Waals surface area contributed by atoms with Gasteiger partial charge in [0, 0.05) is 32.0 Å². The third-order valence-electron chi connectivity index (χ3n) is 3.55. The number of alkyl carbamates (subject to hydrolysis) is 1.